The first kappa shape index (κ1) is 16.9. The summed E-state index contributed by atoms with van der Waals surface area (Å²) in [5.74, 6) is -1.51. The molecule has 1 saturated heterocycles. The third-order valence-corrected chi connectivity index (χ3v) is 4.39. The average Bonchev–Trinajstić information content (AvgIpc) is 2.85. The third-order valence-electron chi connectivity index (χ3n) is 3.78. The number of hydrogen-bond acceptors (Lipinski definition) is 3. The van der Waals surface area contributed by atoms with E-state index in [0.717, 1.165) is 0 Å². The normalized spacial score (nSPS) is 21.1. The molecule has 0 spiro atoms. The first-order chi connectivity index (χ1) is 10.4. The van der Waals surface area contributed by atoms with Gasteiger partial charge in [0.05, 0.1) is 23.4 Å². The summed E-state index contributed by atoms with van der Waals surface area (Å²) in [5.41, 5.74) is 0.674. The fourth-order valence-corrected chi connectivity index (χ4v) is 3.10. The quantitative estimate of drug-likeness (QED) is 0.859. The lowest BCUT2D eigenvalue weighted by atomic mass is 10.1. The second-order valence-electron chi connectivity index (χ2n) is 5.32. The molecule has 0 saturated carbocycles. The number of hydrogen-bond donors (Lipinski definition) is 1. The van der Waals surface area contributed by atoms with Gasteiger partial charge in [0, 0.05) is 19.7 Å². The van der Waals surface area contributed by atoms with E-state index in [0.29, 0.717) is 23.0 Å². The fourth-order valence-electron chi connectivity index (χ4n) is 2.67. The van der Waals surface area contributed by atoms with E-state index >= 15 is 0 Å². The van der Waals surface area contributed by atoms with Crippen LogP contribution >= 0.6 is 15.9 Å². The molecular formula is C15H17BrFNO4. The van der Waals surface area contributed by atoms with Crippen molar-refractivity contribution in [2.24, 2.45) is 0 Å². The zero-order valence-corrected chi connectivity index (χ0v) is 13.7. The molecule has 22 heavy (non-hydrogen) atoms. The zero-order chi connectivity index (χ0) is 16.3. The average molecular weight is 374 g/mol. The summed E-state index contributed by atoms with van der Waals surface area (Å²) in [5, 5.41) is 8.96. The van der Waals surface area contributed by atoms with Crippen LogP contribution in [-0.4, -0.2) is 47.7 Å². The van der Waals surface area contributed by atoms with Crippen LogP contribution in [-0.2, 0) is 20.7 Å². The van der Waals surface area contributed by atoms with Crippen LogP contribution in [0, 0.1) is 5.82 Å². The largest absolute Gasteiger partial charge is 0.481 e. The molecule has 2 rings (SSSR count). The molecule has 1 fully saturated rings. The molecule has 0 aromatic heterocycles. The Kier molecular flexibility index (Phi) is 5.52. The van der Waals surface area contributed by atoms with Crippen molar-refractivity contribution in [1.29, 1.82) is 0 Å². The van der Waals surface area contributed by atoms with Gasteiger partial charge in [-0.15, -0.1) is 0 Å². The van der Waals surface area contributed by atoms with Crippen molar-refractivity contribution in [3.05, 3.63) is 34.1 Å². The fraction of sp³-hybridized carbons (Fsp3) is 0.467. The number of carboxylic acid groups (broad SMARTS) is 1. The number of halogens is 2. The van der Waals surface area contributed by atoms with E-state index in [9.17, 15) is 14.0 Å². The number of methoxy groups -OCH3 is 1. The highest BCUT2D eigenvalue weighted by molar-refractivity contribution is 9.10. The molecule has 2 atom stereocenters. The number of nitrogens with zero attached hydrogens (tertiary/aromatic N) is 1. The molecule has 1 aromatic carbocycles. The van der Waals surface area contributed by atoms with E-state index in [2.05, 4.69) is 15.9 Å². The molecule has 1 aliphatic rings. The number of likely N-dealkylation sites (tertiary alicyclic amines) is 1. The summed E-state index contributed by atoms with van der Waals surface area (Å²) < 4.78 is 18.8. The van der Waals surface area contributed by atoms with Crippen molar-refractivity contribution in [2.75, 3.05) is 13.7 Å². The lowest BCUT2D eigenvalue weighted by Gasteiger charge is -2.23. The Bertz CT molecular complexity index is 581. The predicted molar refractivity (Wildman–Crippen MR) is 81.0 cm³/mol. The first-order valence-corrected chi connectivity index (χ1v) is 7.68. The maximum absolute atomic E-state index is 13.2. The summed E-state index contributed by atoms with van der Waals surface area (Å²) in [6, 6.07) is 4.04. The van der Waals surface area contributed by atoms with Gasteiger partial charge in [0.2, 0.25) is 5.91 Å². The van der Waals surface area contributed by atoms with Crippen LogP contribution in [0.15, 0.2) is 22.7 Å². The molecule has 2 unspecified atom stereocenters. The number of aliphatic carboxylic acids is 1. The van der Waals surface area contributed by atoms with E-state index in [1.807, 2.05) is 0 Å². The Morgan fingerprint density at radius 2 is 2.23 bits per heavy atom. The van der Waals surface area contributed by atoms with Crippen molar-refractivity contribution < 1.29 is 23.8 Å². The Morgan fingerprint density at radius 1 is 1.50 bits per heavy atom. The van der Waals surface area contributed by atoms with Gasteiger partial charge >= 0.3 is 5.97 Å². The number of amides is 1. The molecular weight excluding hydrogens is 357 g/mol. The molecule has 1 amide bonds. The number of rotatable bonds is 5. The van der Waals surface area contributed by atoms with E-state index < -0.39 is 5.97 Å². The van der Waals surface area contributed by atoms with Crippen LogP contribution in [0.3, 0.4) is 0 Å². The first-order valence-electron chi connectivity index (χ1n) is 6.88. The van der Waals surface area contributed by atoms with E-state index in [1.54, 1.807) is 24.1 Å². The van der Waals surface area contributed by atoms with Gasteiger partial charge < -0.3 is 14.7 Å². The van der Waals surface area contributed by atoms with Crippen molar-refractivity contribution >= 4 is 27.8 Å². The monoisotopic (exact) mass is 373 g/mol. The molecule has 0 bridgehead atoms. The predicted octanol–water partition coefficient (Wildman–Crippen LogP) is 2.22. The maximum Gasteiger partial charge on any atom is 0.305 e. The molecule has 0 aliphatic carbocycles. The maximum atomic E-state index is 13.2. The Morgan fingerprint density at radius 3 is 2.82 bits per heavy atom. The minimum Gasteiger partial charge on any atom is -0.481 e. The lowest BCUT2D eigenvalue weighted by molar-refractivity contribution is -0.139. The number of carbonyl (C=O) groups excluding carboxylic acids is 1. The van der Waals surface area contributed by atoms with Crippen LogP contribution in [0.25, 0.3) is 0 Å². The highest BCUT2D eigenvalue weighted by Crippen LogP contribution is 2.24. The van der Waals surface area contributed by atoms with Crippen molar-refractivity contribution in [2.45, 2.75) is 31.4 Å². The number of benzene rings is 1. The zero-order valence-electron chi connectivity index (χ0n) is 12.1. The molecule has 1 aliphatic heterocycles. The molecule has 120 valence electrons. The van der Waals surface area contributed by atoms with E-state index in [-0.39, 0.29) is 36.7 Å². The van der Waals surface area contributed by atoms with Crippen LogP contribution in [0.2, 0.25) is 0 Å². The van der Waals surface area contributed by atoms with Crippen LogP contribution in [0.4, 0.5) is 4.39 Å². The van der Waals surface area contributed by atoms with Gasteiger partial charge in [-0.05, 0) is 40.0 Å². The number of carbonyl (C=O) groups is 2. The Labute approximate surface area is 136 Å². The Hall–Kier alpha value is -1.47. The standard InChI is InChI=1S/C15H17BrFNO4/c1-22-11-6-10(7-15(20)21)18(8-11)14(19)5-9-2-3-13(17)12(16)4-9/h2-4,10-11H,5-8H2,1H3,(H,20,21). The minimum absolute atomic E-state index is 0.0985. The van der Waals surface area contributed by atoms with Crippen molar-refractivity contribution in [1.82, 2.24) is 4.90 Å². The van der Waals surface area contributed by atoms with Gasteiger partial charge in [-0.2, -0.15) is 0 Å². The van der Waals surface area contributed by atoms with Crippen molar-refractivity contribution in [3.8, 4) is 0 Å². The summed E-state index contributed by atoms with van der Waals surface area (Å²) >= 11 is 3.09. The molecule has 7 heteroatoms. The second-order valence-corrected chi connectivity index (χ2v) is 6.17. The Balaban J connectivity index is 2.08. The molecule has 1 aromatic rings. The van der Waals surface area contributed by atoms with Crippen LogP contribution in [0.1, 0.15) is 18.4 Å². The summed E-state index contributed by atoms with van der Waals surface area (Å²) in [6.07, 6.45) is 0.375. The highest BCUT2D eigenvalue weighted by atomic mass is 79.9. The summed E-state index contributed by atoms with van der Waals surface area (Å²) in [7, 11) is 1.55. The second kappa shape index (κ2) is 7.19. The van der Waals surface area contributed by atoms with Crippen LogP contribution < -0.4 is 0 Å². The van der Waals surface area contributed by atoms with Gasteiger partial charge in [0.15, 0.2) is 0 Å². The van der Waals surface area contributed by atoms with Gasteiger partial charge in [0.25, 0.3) is 0 Å². The smallest absolute Gasteiger partial charge is 0.305 e. The van der Waals surface area contributed by atoms with Crippen LogP contribution in [0.5, 0.6) is 0 Å². The molecule has 1 N–H and O–H groups in total. The minimum atomic E-state index is -0.941. The highest BCUT2D eigenvalue weighted by Gasteiger charge is 2.36. The van der Waals surface area contributed by atoms with E-state index in [1.165, 1.54) is 6.07 Å². The SMILES string of the molecule is COC1CC(CC(=O)O)N(C(=O)Cc2ccc(F)c(Br)c2)C1. The number of carboxylic acids is 1. The molecule has 0 radical (unpaired) electrons. The summed E-state index contributed by atoms with van der Waals surface area (Å²) in [6.45, 7) is 0.385. The van der Waals surface area contributed by atoms with E-state index in [4.69, 9.17) is 9.84 Å². The topological polar surface area (TPSA) is 66.8 Å². The van der Waals surface area contributed by atoms with Gasteiger partial charge in [-0.3, -0.25) is 9.59 Å². The van der Waals surface area contributed by atoms with Crippen molar-refractivity contribution in [3.63, 3.8) is 0 Å². The lowest BCUT2D eigenvalue weighted by Crippen LogP contribution is -2.38. The third kappa shape index (κ3) is 4.04. The number of ether oxygens (including phenoxy) is 1. The molecule has 1 heterocycles. The van der Waals surface area contributed by atoms with Gasteiger partial charge in [-0.25, -0.2) is 4.39 Å². The van der Waals surface area contributed by atoms with Gasteiger partial charge in [-0.1, -0.05) is 6.07 Å². The molecule has 5 nitrogen and oxygen atoms in total. The summed E-state index contributed by atoms with van der Waals surface area (Å²) in [4.78, 5) is 24.9. The van der Waals surface area contributed by atoms with Gasteiger partial charge in [0.1, 0.15) is 5.82 Å².